The molecule has 1 atom stereocenters. The van der Waals surface area contributed by atoms with E-state index in [1.165, 1.54) is 6.20 Å². The van der Waals surface area contributed by atoms with Crippen molar-refractivity contribution in [2.24, 2.45) is 0 Å². The lowest BCUT2D eigenvalue weighted by atomic mass is 10.0. The van der Waals surface area contributed by atoms with E-state index in [-0.39, 0.29) is 6.04 Å². The number of nitrogens with zero attached hydrogens (tertiary/aromatic N) is 10. The summed E-state index contributed by atoms with van der Waals surface area (Å²) in [5, 5.41) is 42.7. The molecule has 11 heteroatoms. The number of likely N-dealkylation sites (tertiary alicyclic amines) is 1. The first kappa shape index (κ1) is 23.4. The Hall–Kier alpha value is -5.03. The quantitative estimate of drug-likeness (QED) is 0.326. The van der Waals surface area contributed by atoms with Gasteiger partial charge in [0.05, 0.1) is 24.1 Å². The van der Waals surface area contributed by atoms with Crippen LogP contribution in [-0.4, -0.2) is 52.8 Å². The van der Waals surface area contributed by atoms with E-state index in [0.717, 1.165) is 34.9 Å². The zero-order valence-electron chi connectivity index (χ0n) is 21.0. The number of piperidine rings is 1. The predicted octanol–water partition coefficient (Wildman–Crippen LogP) is 3.97. The maximum Gasteiger partial charge on any atom is 0.179 e. The average molecular weight is 505 g/mol. The maximum absolute atomic E-state index is 9.73. The summed E-state index contributed by atoms with van der Waals surface area (Å²) < 4.78 is 10.1. The Bertz CT molecular complexity index is 1730. The van der Waals surface area contributed by atoms with Crippen LogP contribution < -0.4 is 4.74 Å². The highest BCUT2D eigenvalue weighted by Gasteiger charge is 2.25. The van der Waals surface area contributed by atoms with Gasteiger partial charge in [0.15, 0.2) is 6.19 Å². The van der Waals surface area contributed by atoms with Crippen LogP contribution in [-0.2, 0) is 0 Å². The standard InChI is InChI=1S/C27H24N10O/c1-17-25(33-34-37(17)22-7-9-35(16-29)10-8-22)20-11-24(27-21(12-28)14-31-36(27)15-20)38-18(2)26-23-6-4-3-5-19(23)13-30-32-26/h3-6,11,13-15,18,22H,7-10H2,1-2H3. The largest absolute Gasteiger partial charge is 0.482 e. The molecular formula is C27H24N10O. The molecule has 4 aromatic heterocycles. The van der Waals surface area contributed by atoms with Gasteiger partial charge >= 0.3 is 0 Å². The van der Waals surface area contributed by atoms with Crippen LogP contribution in [0.1, 0.15) is 48.9 Å². The minimum atomic E-state index is -0.448. The summed E-state index contributed by atoms with van der Waals surface area (Å²) >= 11 is 0. The minimum Gasteiger partial charge on any atom is -0.482 e. The van der Waals surface area contributed by atoms with E-state index in [4.69, 9.17) is 10.00 Å². The van der Waals surface area contributed by atoms with Crippen molar-refractivity contribution in [1.29, 1.82) is 10.5 Å². The van der Waals surface area contributed by atoms with Crippen LogP contribution in [0.4, 0.5) is 0 Å². The molecule has 5 aromatic rings. The Balaban J connectivity index is 1.39. The van der Waals surface area contributed by atoms with Crippen LogP contribution in [0.2, 0.25) is 0 Å². The van der Waals surface area contributed by atoms with Crippen molar-refractivity contribution in [2.75, 3.05) is 13.1 Å². The molecule has 38 heavy (non-hydrogen) atoms. The van der Waals surface area contributed by atoms with Crippen LogP contribution in [0.5, 0.6) is 5.75 Å². The number of nitriles is 2. The number of benzene rings is 1. The van der Waals surface area contributed by atoms with Crippen LogP contribution in [0.25, 0.3) is 27.5 Å². The number of pyridine rings is 1. The highest BCUT2D eigenvalue weighted by Crippen LogP contribution is 2.35. The summed E-state index contributed by atoms with van der Waals surface area (Å²) in [5.41, 5.74) is 4.10. The number of hydrogen-bond donors (Lipinski definition) is 0. The van der Waals surface area contributed by atoms with Gasteiger partial charge < -0.3 is 9.64 Å². The second-order valence-electron chi connectivity index (χ2n) is 9.42. The number of fused-ring (bicyclic) bond motifs is 2. The fourth-order valence-electron chi connectivity index (χ4n) is 5.15. The van der Waals surface area contributed by atoms with Gasteiger partial charge in [-0.2, -0.15) is 25.8 Å². The van der Waals surface area contributed by atoms with E-state index < -0.39 is 6.10 Å². The molecule has 0 N–H and O–H groups in total. The molecule has 1 fully saturated rings. The van der Waals surface area contributed by atoms with Crippen molar-refractivity contribution in [3.05, 3.63) is 65.9 Å². The molecule has 0 bridgehead atoms. The number of hydrogen-bond acceptors (Lipinski definition) is 9. The van der Waals surface area contributed by atoms with Gasteiger partial charge in [-0.25, -0.2) is 9.20 Å². The lowest BCUT2D eigenvalue weighted by Crippen LogP contribution is -2.31. The first-order chi connectivity index (χ1) is 18.6. The van der Waals surface area contributed by atoms with Gasteiger partial charge in [0.2, 0.25) is 0 Å². The first-order valence-electron chi connectivity index (χ1n) is 12.4. The molecule has 1 unspecified atom stereocenters. The molecule has 0 saturated carbocycles. The third-order valence-corrected chi connectivity index (χ3v) is 7.14. The van der Waals surface area contributed by atoms with Gasteiger partial charge in [0.1, 0.15) is 40.4 Å². The van der Waals surface area contributed by atoms with Gasteiger partial charge in [-0.05, 0) is 32.8 Å². The lowest BCUT2D eigenvalue weighted by molar-refractivity contribution is 0.224. The molecule has 0 radical (unpaired) electrons. The minimum absolute atomic E-state index is 0.181. The molecule has 1 aliphatic heterocycles. The molecule has 1 saturated heterocycles. The Morgan fingerprint density at radius 1 is 1.11 bits per heavy atom. The van der Waals surface area contributed by atoms with Crippen LogP contribution >= 0.6 is 0 Å². The molecule has 6 rings (SSSR count). The summed E-state index contributed by atoms with van der Waals surface area (Å²) in [6.45, 7) is 5.32. The van der Waals surface area contributed by atoms with Crippen molar-refractivity contribution >= 4 is 16.3 Å². The monoisotopic (exact) mass is 504 g/mol. The molecule has 1 aromatic carbocycles. The smallest absolute Gasteiger partial charge is 0.179 e. The molecule has 1 aliphatic rings. The van der Waals surface area contributed by atoms with E-state index in [0.29, 0.717) is 41.3 Å². The highest BCUT2D eigenvalue weighted by molar-refractivity contribution is 5.84. The van der Waals surface area contributed by atoms with Crippen LogP contribution in [0.15, 0.2) is 48.9 Å². The molecule has 11 nitrogen and oxygen atoms in total. The maximum atomic E-state index is 9.73. The number of ether oxygens (including phenoxy) is 1. The number of aromatic nitrogens is 7. The Morgan fingerprint density at radius 2 is 1.92 bits per heavy atom. The van der Waals surface area contributed by atoms with Crippen molar-refractivity contribution in [2.45, 2.75) is 38.8 Å². The van der Waals surface area contributed by atoms with Gasteiger partial charge in [-0.15, -0.1) is 5.10 Å². The molecule has 0 amide bonds. The average Bonchev–Trinajstić information content (AvgIpc) is 3.56. The van der Waals surface area contributed by atoms with E-state index in [2.05, 4.69) is 37.9 Å². The fraction of sp³-hybridized carbons (Fsp3) is 0.296. The van der Waals surface area contributed by atoms with E-state index in [1.54, 1.807) is 15.6 Å². The molecular weight excluding hydrogens is 480 g/mol. The third kappa shape index (κ3) is 3.95. The Morgan fingerprint density at radius 3 is 2.71 bits per heavy atom. The summed E-state index contributed by atoms with van der Waals surface area (Å²) in [6.07, 6.45) is 8.53. The topological polar surface area (TPSA) is 134 Å². The van der Waals surface area contributed by atoms with Crippen LogP contribution in [0.3, 0.4) is 0 Å². The SMILES string of the molecule is Cc1c(-c2cc(OC(C)c3nncc4ccccc34)c3c(C#N)cnn3c2)nnn1C1CCN(C#N)CC1. The second kappa shape index (κ2) is 9.45. The molecule has 188 valence electrons. The van der Waals surface area contributed by atoms with Gasteiger partial charge in [-0.1, -0.05) is 29.5 Å². The van der Waals surface area contributed by atoms with Gasteiger partial charge in [-0.3, -0.25) is 0 Å². The summed E-state index contributed by atoms with van der Waals surface area (Å²) in [5.74, 6) is 0.495. The van der Waals surface area contributed by atoms with Crippen molar-refractivity contribution in [3.8, 4) is 29.3 Å². The van der Waals surface area contributed by atoms with Crippen LogP contribution in [0, 0.1) is 29.7 Å². The Kier molecular flexibility index (Phi) is 5.81. The number of rotatable bonds is 5. The van der Waals surface area contributed by atoms with E-state index >= 15 is 0 Å². The van der Waals surface area contributed by atoms with E-state index in [9.17, 15) is 5.26 Å². The van der Waals surface area contributed by atoms with Crippen molar-refractivity contribution < 1.29 is 4.74 Å². The highest BCUT2D eigenvalue weighted by atomic mass is 16.5. The summed E-state index contributed by atoms with van der Waals surface area (Å²) in [7, 11) is 0. The molecule has 5 heterocycles. The lowest BCUT2D eigenvalue weighted by Gasteiger charge is -2.28. The summed E-state index contributed by atoms with van der Waals surface area (Å²) in [4.78, 5) is 1.77. The van der Waals surface area contributed by atoms with Crippen molar-refractivity contribution in [3.63, 3.8) is 0 Å². The van der Waals surface area contributed by atoms with Gasteiger partial charge in [0, 0.05) is 35.6 Å². The van der Waals surface area contributed by atoms with Gasteiger partial charge in [0.25, 0.3) is 0 Å². The third-order valence-electron chi connectivity index (χ3n) is 7.14. The fourth-order valence-corrected chi connectivity index (χ4v) is 5.15. The molecule has 0 aliphatic carbocycles. The second-order valence-corrected chi connectivity index (χ2v) is 9.42. The summed E-state index contributed by atoms with van der Waals surface area (Å²) in [6, 6.07) is 12.2. The normalized spacial score (nSPS) is 14.9. The first-order valence-corrected chi connectivity index (χ1v) is 12.4. The Labute approximate surface area is 218 Å². The zero-order chi connectivity index (χ0) is 26.2. The molecule has 0 spiro atoms. The predicted molar refractivity (Wildman–Crippen MR) is 138 cm³/mol. The van der Waals surface area contributed by atoms with Crippen molar-refractivity contribution in [1.82, 2.24) is 39.7 Å². The zero-order valence-corrected chi connectivity index (χ0v) is 21.0. The van der Waals surface area contributed by atoms with E-state index in [1.807, 2.05) is 55.1 Å².